The van der Waals surface area contributed by atoms with Crippen LogP contribution in [0, 0.1) is 13.8 Å². The molecule has 0 amide bonds. The van der Waals surface area contributed by atoms with E-state index in [0.29, 0.717) is 0 Å². The summed E-state index contributed by atoms with van der Waals surface area (Å²) < 4.78 is 42.6. The Labute approximate surface area is 238 Å². The second-order valence-electron chi connectivity index (χ2n) is 9.37. The number of aromatic hydroxyl groups is 1. The SMILES string of the molecule is Cc1cc([Se]C(Cc2ccc(-c3ccccc3)cc2)c2[se]c(-c3ccc(C(F)(F)F)cc3)nc2C)ccc1O. The third-order valence-corrected chi connectivity index (χ3v) is 12.6. The molecule has 1 N–H and O–H groups in total. The standard InChI is InChI=1S/C32H26F3NOSe2/c1-20-18-27(16-17-28(20)37)38-29(19-22-8-10-24(11-9-22)23-6-4-3-5-7-23)30-21(2)36-31(39-30)25-12-14-26(15-13-25)32(33,34)35/h3-18,29,37H,19H2,1-2H3. The number of hydrogen-bond donors (Lipinski definition) is 1. The zero-order valence-corrected chi connectivity index (χ0v) is 24.8. The number of phenolic OH excluding ortho intramolecular Hbond substituents is 1. The first-order chi connectivity index (χ1) is 18.7. The van der Waals surface area contributed by atoms with Gasteiger partial charge in [0.15, 0.2) is 0 Å². The van der Waals surface area contributed by atoms with Gasteiger partial charge in [-0.05, 0) is 0 Å². The van der Waals surface area contributed by atoms with Crippen molar-refractivity contribution in [3.05, 3.63) is 124 Å². The van der Waals surface area contributed by atoms with Crippen molar-refractivity contribution in [2.75, 3.05) is 0 Å². The molecule has 0 aliphatic carbocycles. The molecule has 7 heteroatoms. The maximum atomic E-state index is 13.1. The van der Waals surface area contributed by atoms with Gasteiger partial charge >= 0.3 is 239 Å². The van der Waals surface area contributed by atoms with E-state index >= 15 is 0 Å². The van der Waals surface area contributed by atoms with Gasteiger partial charge in [-0.1, -0.05) is 0 Å². The molecule has 0 radical (unpaired) electrons. The molecule has 5 aromatic rings. The number of aryl methyl sites for hydroxylation is 2. The summed E-state index contributed by atoms with van der Waals surface area (Å²) in [5.74, 6) is 0.288. The normalized spacial score (nSPS) is 12.4. The molecule has 1 unspecified atom stereocenters. The summed E-state index contributed by atoms with van der Waals surface area (Å²) in [6.45, 7) is 3.92. The van der Waals surface area contributed by atoms with E-state index in [4.69, 9.17) is 4.98 Å². The van der Waals surface area contributed by atoms with Crippen LogP contribution in [0.25, 0.3) is 21.3 Å². The maximum absolute atomic E-state index is 13.1. The van der Waals surface area contributed by atoms with Crippen molar-refractivity contribution >= 4 is 33.9 Å². The van der Waals surface area contributed by atoms with Crippen LogP contribution in [0.5, 0.6) is 5.75 Å². The Kier molecular flexibility index (Phi) is 8.16. The molecular formula is C32H26F3NOSe2. The van der Waals surface area contributed by atoms with Crippen molar-refractivity contribution in [3.63, 3.8) is 0 Å². The van der Waals surface area contributed by atoms with E-state index in [0.717, 1.165) is 39.9 Å². The van der Waals surface area contributed by atoms with Crippen molar-refractivity contribution in [1.29, 1.82) is 0 Å². The fraction of sp³-hybridized carbons (Fsp3) is 0.156. The molecule has 0 saturated heterocycles. The Hall–Kier alpha value is -3.08. The summed E-state index contributed by atoms with van der Waals surface area (Å²) in [6.07, 6.45) is -3.51. The first kappa shape index (κ1) is 27.5. The summed E-state index contributed by atoms with van der Waals surface area (Å²) in [5.41, 5.74) is 5.50. The molecule has 5 rings (SSSR count). The summed E-state index contributed by atoms with van der Waals surface area (Å²) in [7, 11) is 0. The van der Waals surface area contributed by atoms with Crippen LogP contribution in [0.15, 0.2) is 97.1 Å². The molecule has 1 atom stereocenters. The molecule has 0 fully saturated rings. The second-order valence-corrected chi connectivity index (χ2v) is 14.2. The van der Waals surface area contributed by atoms with E-state index in [1.165, 1.54) is 37.7 Å². The number of aromatic nitrogens is 1. The molecule has 1 aromatic heterocycles. The Morgan fingerprint density at radius 3 is 2.10 bits per heavy atom. The van der Waals surface area contributed by atoms with E-state index in [-0.39, 0.29) is 40.0 Å². The van der Waals surface area contributed by atoms with Crippen molar-refractivity contribution in [1.82, 2.24) is 4.98 Å². The minimum atomic E-state index is -4.35. The van der Waals surface area contributed by atoms with Gasteiger partial charge < -0.3 is 0 Å². The van der Waals surface area contributed by atoms with Crippen LogP contribution in [-0.4, -0.2) is 39.6 Å². The number of benzene rings is 4. The van der Waals surface area contributed by atoms with Gasteiger partial charge in [-0.2, -0.15) is 0 Å². The van der Waals surface area contributed by atoms with Gasteiger partial charge in [-0.25, -0.2) is 0 Å². The van der Waals surface area contributed by atoms with Gasteiger partial charge in [-0.3, -0.25) is 0 Å². The molecule has 1 heterocycles. The van der Waals surface area contributed by atoms with Crippen LogP contribution in [0.2, 0.25) is 0 Å². The second kappa shape index (κ2) is 11.6. The van der Waals surface area contributed by atoms with Crippen LogP contribution < -0.4 is 4.46 Å². The fourth-order valence-corrected chi connectivity index (χ4v) is 10.3. The van der Waals surface area contributed by atoms with Gasteiger partial charge in [0.1, 0.15) is 0 Å². The van der Waals surface area contributed by atoms with Gasteiger partial charge in [0.05, 0.1) is 0 Å². The number of alkyl halides is 3. The van der Waals surface area contributed by atoms with Crippen LogP contribution >= 0.6 is 0 Å². The monoisotopic (exact) mass is 657 g/mol. The average molecular weight is 655 g/mol. The van der Waals surface area contributed by atoms with Crippen LogP contribution in [-0.2, 0) is 12.6 Å². The Morgan fingerprint density at radius 1 is 0.821 bits per heavy atom. The van der Waals surface area contributed by atoms with Crippen LogP contribution in [0.1, 0.15) is 31.6 Å². The molecule has 0 saturated carbocycles. The first-order valence-electron chi connectivity index (χ1n) is 12.4. The van der Waals surface area contributed by atoms with E-state index < -0.39 is 11.7 Å². The average Bonchev–Trinajstić information content (AvgIpc) is 3.32. The summed E-state index contributed by atoms with van der Waals surface area (Å²) in [4.78, 5) is 5.07. The molecular weight excluding hydrogens is 629 g/mol. The third kappa shape index (κ3) is 6.57. The zero-order chi connectivity index (χ0) is 27.6. The predicted molar refractivity (Wildman–Crippen MR) is 153 cm³/mol. The molecule has 0 spiro atoms. The van der Waals surface area contributed by atoms with Gasteiger partial charge in [0, 0.05) is 0 Å². The molecule has 2 nitrogen and oxygen atoms in total. The van der Waals surface area contributed by atoms with Crippen molar-refractivity contribution < 1.29 is 18.3 Å². The topological polar surface area (TPSA) is 33.1 Å². The van der Waals surface area contributed by atoms with E-state index in [1.54, 1.807) is 6.07 Å². The Bertz CT molecular complexity index is 1560. The fourth-order valence-electron chi connectivity index (χ4n) is 4.36. The first-order valence-corrected chi connectivity index (χ1v) is 16.0. The number of rotatable bonds is 7. The third-order valence-electron chi connectivity index (χ3n) is 6.51. The molecule has 4 aromatic carbocycles. The van der Waals surface area contributed by atoms with Crippen LogP contribution in [0.3, 0.4) is 0 Å². The van der Waals surface area contributed by atoms with Crippen molar-refractivity contribution in [2.45, 2.75) is 31.3 Å². The molecule has 0 bridgehead atoms. The Morgan fingerprint density at radius 2 is 1.46 bits per heavy atom. The van der Waals surface area contributed by atoms with Gasteiger partial charge in [0.2, 0.25) is 0 Å². The number of hydrogen-bond acceptors (Lipinski definition) is 2. The quantitative estimate of drug-likeness (QED) is 0.190. The van der Waals surface area contributed by atoms with Crippen molar-refractivity contribution in [2.24, 2.45) is 0 Å². The summed E-state index contributed by atoms with van der Waals surface area (Å²) >= 11 is -0.0216. The number of halogens is 3. The van der Waals surface area contributed by atoms with Gasteiger partial charge in [0.25, 0.3) is 0 Å². The summed E-state index contributed by atoms with van der Waals surface area (Å²) in [6, 6.07) is 30.1. The van der Waals surface area contributed by atoms with Gasteiger partial charge in [-0.15, -0.1) is 0 Å². The van der Waals surface area contributed by atoms with Crippen molar-refractivity contribution in [3.8, 4) is 27.0 Å². The van der Waals surface area contributed by atoms with E-state index in [9.17, 15) is 18.3 Å². The molecule has 198 valence electrons. The number of phenols is 1. The summed E-state index contributed by atoms with van der Waals surface area (Å²) in [5, 5.41) is 10.0. The van der Waals surface area contributed by atoms with E-state index in [1.807, 2.05) is 38.1 Å². The molecule has 39 heavy (non-hydrogen) atoms. The number of nitrogens with zero attached hydrogens (tertiary/aromatic N) is 1. The minimum absolute atomic E-state index is 0.0695. The van der Waals surface area contributed by atoms with E-state index in [2.05, 4.69) is 42.5 Å². The molecule has 0 aliphatic heterocycles. The zero-order valence-electron chi connectivity index (χ0n) is 21.4. The van der Waals surface area contributed by atoms with Crippen LogP contribution in [0.4, 0.5) is 13.2 Å². The predicted octanol–water partition coefficient (Wildman–Crippen LogP) is 7.13. The molecule has 0 aliphatic rings. The Balaban J connectivity index is 1.46.